The molecule has 6 nitrogen and oxygen atoms in total. The molecule has 89 valence electrons. The van der Waals surface area contributed by atoms with Crippen LogP contribution in [-0.2, 0) is 14.3 Å². The molecule has 1 aromatic rings. The molecule has 0 saturated carbocycles. The Morgan fingerprint density at radius 2 is 1.76 bits per heavy atom. The normalized spacial score (nSPS) is 9.29. The van der Waals surface area contributed by atoms with Gasteiger partial charge in [-0.3, -0.25) is 0 Å². The standard InChI is InChI=1S/C11H9O6/c1-15-10(13)7-3-4-9(17-6-12)8(5-7)11(14)16-2/h3-5H,1-2H3. The van der Waals surface area contributed by atoms with Crippen LogP contribution < -0.4 is 4.74 Å². The van der Waals surface area contributed by atoms with E-state index in [4.69, 9.17) is 0 Å². The van der Waals surface area contributed by atoms with Crippen LogP contribution in [0.25, 0.3) is 0 Å². The van der Waals surface area contributed by atoms with E-state index in [1.807, 2.05) is 0 Å². The topological polar surface area (TPSA) is 78.9 Å². The quantitative estimate of drug-likeness (QED) is 0.717. The molecule has 1 aromatic carbocycles. The summed E-state index contributed by atoms with van der Waals surface area (Å²) in [4.78, 5) is 32.8. The van der Waals surface area contributed by atoms with Gasteiger partial charge in [0.1, 0.15) is 11.3 Å². The van der Waals surface area contributed by atoms with Gasteiger partial charge in [-0.05, 0) is 18.2 Å². The molecule has 1 radical (unpaired) electrons. The summed E-state index contributed by atoms with van der Waals surface area (Å²) in [5, 5.41) is 0. The number of hydrogen-bond acceptors (Lipinski definition) is 6. The van der Waals surface area contributed by atoms with Crippen LogP contribution in [0.3, 0.4) is 0 Å². The monoisotopic (exact) mass is 237 g/mol. The first-order valence-electron chi connectivity index (χ1n) is 4.48. The molecule has 6 heteroatoms. The summed E-state index contributed by atoms with van der Waals surface area (Å²) in [5.41, 5.74) is 0.0879. The van der Waals surface area contributed by atoms with Crippen LogP contribution in [0.1, 0.15) is 20.7 Å². The number of carbonyl (C=O) groups is 2. The molecule has 0 amide bonds. The van der Waals surface area contributed by atoms with Crippen LogP contribution in [0, 0.1) is 0 Å². The lowest BCUT2D eigenvalue weighted by Crippen LogP contribution is -2.08. The van der Waals surface area contributed by atoms with Gasteiger partial charge in [-0.25, -0.2) is 14.4 Å². The van der Waals surface area contributed by atoms with Gasteiger partial charge in [0.15, 0.2) is 0 Å². The Kier molecular flexibility index (Phi) is 4.21. The third-order valence-corrected chi connectivity index (χ3v) is 1.96. The van der Waals surface area contributed by atoms with Crippen LogP contribution in [0.15, 0.2) is 18.2 Å². The Morgan fingerprint density at radius 3 is 2.29 bits per heavy atom. The Bertz CT molecular complexity index is 451. The number of esters is 2. The van der Waals surface area contributed by atoms with Crippen LogP contribution in [0.5, 0.6) is 5.75 Å². The van der Waals surface area contributed by atoms with E-state index in [-0.39, 0.29) is 16.9 Å². The first kappa shape index (κ1) is 12.7. The molecule has 17 heavy (non-hydrogen) atoms. The summed E-state index contributed by atoms with van der Waals surface area (Å²) in [6, 6.07) is 3.85. The maximum Gasteiger partial charge on any atom is 0.423 e. The third kappa shape index (κ3) is 2.81. The van der Waals surface area contributed by atoms with Crippen molar-refractivity contribution in [1.82, 2.24) is 0 Å². The molecule has 0 bridgehead atoms. The minimum atomic E-state index is -0.735. The highest BCUT2D eigenvalue weighted by Crippen LogP contribution is 2.21. The van der Waals surface area contributed by atoms with Gasteiger partial charge >= 0.3 is 18.4 Å². The average Bonchev–Trinajstić information content (AvgIpc) is 2.37. The van der Waals surface area contributed by atoms with Gasteiger partial charge in [-0.2, -0.15) is 0 Å². The predicted octanol–water partition coefficient (Wildman–Crippen LogP) is 0.706. The van der Waals surface area contributed by atoms with E-state index in [1.165, 1.54) is 38.9 Å². The highest BCUT2D eigenvalue weighted by molar-refractivity contribution is 5.97. The number of benzene rings is 1. The summed E-state index contributed by atoms with van der Waals surface area (Å²) >= 11 is 0. The van der Waals surface area contributed by atoms with Crippen molar-refractivity contribution >= 4 is 18.4 Å². The molecule has 0 heterocycles. The fraction of sp³-hybridized carbons (Fsp3) is 0.182. The number of hydrogen-bond donors (Lipinski definition) is 0. The molecular weight excluding hydrogens is 228 g/mol. The van der Waals surface area contributed by atoms with Crippen molar-refractivity contribution in [2.45, 2.75) is 0 Å². The number of ether oxygens (including phenoxy) is 3. The van der Waals surface area contributed by atoms with Crippen molar-refractivity contribution in [1.29, 1.82) is 0 Å². The molecule has 1 rings (SSSR count). The lowest BCUT2D eigenvalue weighted by molar-refractivity contribution is 0.0597. The number of methoxy groups -OCH3 is 2. The van der Waals surface area contributed by atoms with Crippen LogP contribution in [0.4, 0.5) is 0 Å². The molecule has 0 aliphatic carbocycles. The highest BCUT2D eigenvalue weighted by atomic mass is 16.5. The van der Waals surface area contributed by atoms with Crippen molar-refractivity contribution in [2.24, 2.45) is 0 Å². The van der Waals surface area contributed by atoms with E-state index >= 15 is 0 Å². The van der Waals surface area contributed by atoms with E-state index in [1.54, 1.807) is 0 Å². The fourth-order valence-electron chi connectivity index (χ4n) is 1.18. The average molecular weight is 237 g/mol. The second-order valence-corrected chi connectivity index (χ2v) is 2.88. The van der Waals surface area contributed by atoms with Crippen LogP contribution in [-0.4, -0.2) is 32.6 Å². The fourth-order valence-corrected chi connectivity index (χ4v) is 1.18. The van der Waals surface area contributed by atoms with E-state index in [2.05, 4.69) is 14.2 Å². The smallest absolute Gasteiger partial charge is 0.423 e. The molecule has 0 aliphatic heterocycles. The number of carbonyl (C=O) groups excluding carboxylic acids is 3. The first-order chi connectivity index (χ1) is 8.13. The zero-order valence-electron chi connectivity index (χ0n) is 9.18. The van der Waals surface area contributed by atoms with E-state index in [0.717, 1.165) is 0 Å². The van der Waals surface area contributed by atoms with Gasteiger partial charge in [0.25, 0.3) is 0 Å². The van der Waals surface area contributed by atoms with Crippen molar-refractivity contribution < 1.29 is 28.6 Å². The van der Waals surface area contributed by atoms with Crippen molar-refractivity contribution in [2.75, 3.05) is 14.2 Å². The summed E-state index contributed by atoms with van der Waals surface area (Å²) < 4.78 is 13.5. The van der Waals surface area contributed by atoms with E-state index in [9.17, 15) is 14.4 Å². The Balaban J connectivity index is 3.23. The van der Waals surface area contributed by atoms with E-state index in [0.29, 0.717) is 0 Å². The van der Waals surface area contributed by atoms with Gasteiger partial charge in [0.05, 0.1) is 19.8 Å². The molecule has 0 atom stereocenters. The van der Waals surface area contributed by atoms with E-state index < -0.39 is 11.9 Å². The zero-order valence-corrected chi connectivity index (χ0v) is 9.18. The third-order valence-electron chi connectivity index (χ3n) is 1.96. The van der Waals surface area contributed by atoms with Crippen LogP contribution >= 0.6 is 0 Å². The molecule has 0 fully saturated rings. The van der Waals surface area contributed by atoms with Gasteiger partial charge in [-0.15, -0.1) is 0 Å². The minimum absolute atomic E-state index is 0.0421. The Labute approximate surface area is 97.1 Å². The molecule has 0 saturated heterocycles. The molecule has 0 aliphatic rings. The SMILES string of the molecule is COC(=O)c1ccc(O[C]=O)c(C(=O)OC)c1. The van der Waals surface area contributed by atoms with Crippen LogP contribution in [0.2, 0.25) is 0 Å². The van der Waals surface area contributed by atoms with Gasteiger partial charge in [-0.1, -0.05) is 0 Å². The van der Waals surface area contributed by atoms with Gasteiger partial charge in [0.2, 0.25) is 0 Å². The highest BCUT2D eigenvalue weighted by Gasteiger charge is 2.17. The summed E-state index contributed by atoms with van der Waals surface area (Å²) in [6.45, 7) is 1.19. The van der Waals surface area contributed by atoms with Crippen molar-refractivity contribution in [3.8, 4) is 5.75 Å². The second-order valence-electron chi connectivity index (χ2n) is 2.88. The maximum absolute atomic E-state index is 11.4. The van der Waals surface area contributed by atoms with Gasteiger partial charge in [0, 0.05) is 0 Å². The Morgan fingerprint density at radius 1 is 1.12 bits per heavy atom. The molecule has 0 spiro atoms. The predicted molar refractivity (Wildman–Crippen MR) is 55.4 cm³/mol. The first-order valence-corrected chi connectivity index (χ1v) is 4.48. The molecule has 0 unspecified atom stereocenters. The summed E-state index contributed by atoms with van der Waals surface area (Å²) in [5.74, 6) is -1.39. The maximum atomic E-state index is 11.4. The van der Waals surface area contributed by atoms with Crippen molar-refractivity contribution in [3.63, 3.8) is 0 Å². The van der Waals surface area contributed by atoms with Gasteiger partial charge < -0.3 is 14.2 Å². The second kappa shape index (κ2) is 5.64. The molecule has 0 N–H and O–H groups in total. The number of rotatable bonds is 4. The summed E-state index contributed by atoms with van der Waals surface area (Å²) in [6.07, 6.45) is 0. The minimum Gasteiger partial charge on any atom is -0.465 e. The lowest BCUT2D eigenvalue weighted by Gasteiger charge is -2.06. The lowest BCUT2D eigenvalue weighted by atomic mass is 10.1. The zero-order chi connectivity index (χ0) is 12.8. The van der Waals surface area contributed by atoms with Crippen molar-refractivity contribution in [3.05, 3.63) is 29.3 Å². The summed E-state index contributed by atoms with van der Waals surface area (Å²) in [7, 11) is 2.38. The molecule has 0 aromatic heterocycles. The Hall–Kier alpha value is -2.37. The molecular formula is C11H9O6. The largest absolute Gasteiger partial charge is 0.465 e.